The zero-order valence-corrected chi connectivity index (χ0v) is 18.1. The number of aromatic nitrogens is 4. The van der Waals surface area contributed by atoms with Crippen molar-refractivity contribution in [2.75, 3.05) is 26.0 Å². The van der Waals surface area contributed by atoms with Crippen LogP contribution in [0.4, 0.5) is 5.95 Å². The highest BCUT2D eigenvalue weighted by Gasteiger charge is 2.17. The van der Waals surface area contributed by atoms with Gasteiger partial charge in [0.2, 0.25) is 5.95 Å². The molecule has 0 aliphatic heterocycles. The van der Waals surface area contributed by atoms with E-state index in [1.54, 1.807) is 11.6 Å². The molecule has 0 saturated carbocycles. The third kappa shape index (κ3) is 4.04. The van der Waals surface area contributed by atoms with Crippen LogP contribution in [0.25, 0.3) is 16.6 Å². The number of benzene rings is 2. The number of nitrogens with zero attached hydrogens (tertiary/aromatic N) is 5. The van der Waals surface area contributed by atoms with E-state index in [0.717, 1.165) is 46.9 Å². The predicted molar refractivity (Wildman–Crippen MR) is 120 cm³/mol. The van der Waals surface area contributed by atoms with Crippen LogP contribution in [0.1, 0.15) is 24.7 Å². The van der Waals surface area contributed by atoms with Crippen LogP contribution < -0.4 is 10.1 Å². The van der Waals surface area contributed by atoms with Crippen LogP contribution in [-0.2, 0) is 13.1 Å². The van der Waals surface area contributed by atoms with Gasteiger partial charge < -0.3 is 10.1 Å². The summed E-state index contributed by atoms with van der Waals surface area (Å²) < 4.78 is 7.26. The number of anilines is 1. The normalized spacial score (nSPS) is 11.5. The zero-order chi connectivity index (χ0) is 21.1. The van der Waals surface area contributed by atoms with E-state index >= 15 is 0 Å². The van der Waals surface area contributed by atoms with Crippen LogP contribution in [0.5, 0.6) is 5.75 Å². The summed E-state index contributed by atoms with van der Waals surface area (Å²) in [5.41, 5.74) is 2.74. The van der Waals surface area contributed by atoms with Gasteiger partial charge in [0.05, 0.1) is 13.7 Å². The van der Waals surface area contributed by atoms with Crippen molar-refractivity contribution in [3.63, 3.8) is 0 Å². The maximum absolute atomic E-state index is 6.03. The third-order valence-corrected chi connectivity index (χ3v) is 5.23. The lowest BCUT2D eigenvalue weighted by Crippen LogP contribution is -2.24. The maximum Gasteiger partial charge on any atom is 0.226 e. The van der Waals surface area contributed by atoms with Gasteiger partial charge in [-0.05, 0) is 42.8 Å². The van der Waals surface area contributed by atoms with Gasteiger partial charge in [-0.1, -0.05) is 36.7 Å². The van der Waals surface area contributed by atoms with Crippen molar-refractivity contribution in [3.8, 4) is 5.75 Å². The Morgan fingerprint density at radius 3 is 2.60 bits per heavy atom. The first kappa shape index (κ1) is 20.4. The van der Waals surface area contributed by atoms with Gasteiger partial charge in [-0.2, -0.15) is 4.52 Å². The number of rotatable bonds is 8. The summed E-state index contributed by atoms with van der Waals surface area (Å²) in [5.74, 6) is 2.10. The Morgan fingerprint density at radius 2 is 1.90 bits per heavy atom. The molecule has 0 unspecified atom stereocenters. The highest BCUT2D eigenvalue weighted by atomic mass is 35.5. The molecule has 0 saturated heterocycles. The molecule has 8 heteroatoms. The molecule has 30 heavy (non-hydrogen) atoms. The quantitative estimate of drug-likeness (QED) is 0.452. The second-order valence-corrected chi connectivity index (χ2v) is 7.58. The smallest absolute Gasteiger partial charge is 0.226 e. The van der Waals surface area contributed by atoms with Gasteiger partial charge in [0.1, 0.15) is 11.3 Å². The zero-order valence-electron chi connectivity index (χ0n) is 17.4. The molecule has 4 rings (SSSR count). The summed E-state index contributed by atoms with van der Waals surface area (Å²) in [7, 11) is 3.47. The third-order valence-electron chi connectivity index (χ3n) is 4.98. The standard InChI is InChI=1S/C22H25ClN6O/c1-4-12-28(13-15-8-10-16(23)11-9-15)14-19-25-21-17-6-5-7-18(30-3)20(17)26-22(24-2)29(21)27-19/h5-11H,4,12-14H2,1-3H3,(H,24,26). The second kappa shape index (κ2) is 8.85. The summed E-state index contributed by atoms with van der Waals surface area (Å²) in [6.07, 6.45) is 1.05. The fraction of sp³-hybridized carbons (Fsp3) is 0.318. The highest BCUT2D eigenvalue weighted by molar-refractivity contribution is 6.30. The lowest BCUT2D eigenvalue weighted by atomic mass is 10.2. The number of nitrogens with one attached hydrogen (secondary N) is 1. The molecule has 2 heterocycles. The van der Waals surface area contributed by atoms with Crippen LogP contribution in [-0.4, -0.2) is 45.2 Å². The molecule has 7 nitrogen and oxygen atoms in total. The second-order valence-electron chi connectivity index (χ2n) is 7.14. The molecule has 0 bridgehead atoms. The van der Waals surface area contributed by atoms with Crippen LogP contribution in [0.15, 0.2) is 42.5 Å². The number of para-hydroxylation sites is 1. The van der Waals surface area contributed by atoms with E-state index in [-0.39, 0.29) is 0 Å². The number of methoxy groups -OCH3 is 1. The minimum Gasteiger partial charge on any atom is -0.494 e. The Hall–Kier alpha value is -2.90. The van der Waals surface area contributed by atoms with Crippen molar-refractivity contribution in [1.29, 1.82) is 0 Å². The van der Waals surface area contributed by atoms with Gasteiger partial charge in [-0.25, -0.2) is 9.97 Å². The van der Waals surface area contributed by atoms with Gasteiger partial charge in [0, 0.05) is 24.0 Å². The van der Waals surface area contributed by atoms with Gasteiger partial charge in [0.15, 0.2) is 11.5 Å². The Bertz CT molecular complexity index is 1160. The highest BCUT2D eigenvalue weighted by Crippen LogP contribution is 2.28. The first-order valence-electron chi connectivity index (χ1n) is 9.99. The van der Waals surface area contributed by atoms with E-state index in [1.165, 1.54) is 5.56 Å². The molecule has 1 N–H and O–H groups in total. The van der Waals surface area contributed by atoms with Crippen molar-refractivity contribution >= 4 is 34.1 Å². The largest absolute Gasteiger partial charge is 0.494 e. The number of ether oxygens (including phenoxy) is 1. The summed E-state index contributed by atoms with van der Waals surface area (Å²) in [4.78, 5) is 11.9. The minimum atomic E-state index is 0.625. The predicted octanol–water partition coefficient (Wildman–Crippen LogP) is 4.39. The molecule has 0 amide bonds. The van der Waals surface area contributed by atoms with Crippen LogP contribution in [0, 0.1) is 0 Å². The van der Waals surface area contributed by atoms with Crippen molar-refractivity contribution in [3.05, 3.63) is 58.9 Å². The molecule has 2 aromatic heterocycles. The van der Waals surface area contributed by atoms with Crippen LogP contribution in [0.2, 0.25) is 5.02 Å². The van der Waals surface area contributed by atoms with Gasteiger partial charge in [-0.3, -0.25) is 4.90 Å². The minimum absolute atomic E-state index is 0.625. The van der Waals surface area contributed by atoms with Gasteiger partial charge >= 0.3 is 0 Å². The van der Waals surface area contributed by atoms with Crippen molar-refractivity contribution < 1.29 is 4.74 Å². The van der Waals surface area contributed by atoms with Crippen LogP contribution in [0.3, 0.4) is 0 Å². The maximum atomic E-state index is 6.03. The molecule has 2 aromatic carbocycles. The summed E-state index contributed by atoms with van der Waals surface area (Å²) in [5, 5.41) is 9.52. The molecule has 0 radical (unpaired) electrons. The Kier molecular flexibility index (Phi) is 6.01. The molecular weight excluding hydrogens is 400 g/mol. The van der Waals surface area contributed by atoms with E-state index in [2.05, 4.69) is 29.3 Å². The molecule has 0 spiro atoms. The Morgan fingerprint density at radius 1 is 1.10 bits per heavy atom. The Balaban J connectivity index is 1.70. The number of hydrogen-bond donors (Lipinski definition) is 1. The molecule has 0 aliphatic rings. The fourth-order valence-corrected chi connectivity index (χ4v) is 3.75. The monoisotopic (exact) mass is 424 g/mol. The summed E-state index contributed by atoms with van der Waals surface area (Å²) >= 11 is 6.03. The molecular formula is C22H25ClN6O. The SMILES string of the molecule is CCCN(Cc1ccc(Cl)cc1)Cc1nc2c3cccc(OC)c3nc(NC)n2n1. The van der Waals surface area contributed by atoms with E-state index in [1.807, 2.05) is 37.4 Å². The van der Waals surface area contributed by atoms with Crippen molar-refractivity contribution in [2.45, 2.75) is 26.4 Å². The van der Waals surface area contributed by atoms with E-state index < -0.39 is 0 Å². The fourth-order valence-electron chi connectivity index (χ4n) is 3.62. The van der Waals surface area contributed by atoms with E-state index in [0.29, 0.717) is 18.2 Å². The van der Waals surface area contributed by atoms with Crippen molar-refractivity contribution in [2.24, 2.45) is 0 Å². The topological polar surface area (TPSA) is 67.6 Å². The van der Waals surface area contributed by atoms with Gasteiger partial charge in [0.25, 0.3) is 0 Å². The molecule has 0 fully saturated rings. The van der Waals surface area contributed by atoms with E-state index in [4.69, 9.17) is 31.4 Å². The molecule has 0 atom stereocenters. The molecule has 0 aliphatic carbocycles. The lowest BCUT2D eigenvalue weighted by molar-refractivity contribution is 0.251. The Labute approximate surface area is 180 Å². The van der Waals surface area contributed by atoms with Crippen molar-refractivity contribution in [1.82, 2.24) is 24.5 Å². The average Bonchev–Trinajstić information content (AvgIpc) is 3.18. The molecule has 156 valence electrons. The lowest BCUT2D eigenvalue weighted by Gasteiger charge is -2.20. The number of halogens is 1. The molecule has 4 aromatic rings. The van der Waals surface area contributed by atoms with Gasteiger partial charge in [-0.15, -0.1) is 5.10 Å². The summed E-state index contributed by atoms with van der Waals surface area (Å²) in [6.45, 7) is 4.58. The first-order chi connectivity index (χ1) is 14.6. The number of fused-ring (bicyclic) bond motifs is 3. The van der Waals surface area contributed by atoms with Crippen LogP contribution >= 0.6 is 11.6 Å². The number of hydrogen-bond acceptors (Lipinski definition) is 6. The first-order valence-corrected chi connectivity index (χ1v) is 10.4. The van der Waals surface area contributed by atoms with E-state index in [9.17, 15) is 0 Å². The average molecular weight is 425 g/mol. The summed E-state index contributed by atoms with van der Waals surface area (Å²) in [6, 6.07) is 13.8.